The number of carbonyl (C=O) groups excluding carboxylic acids is 1. The van der Waals surface area contributed by atoms with Crippen LogP contribution in [-0.2, 0) is 6.18 Å². The summed E-state index contributed by atoms with van der Waals surface area (Å²) in [5.74, 6) is -0.233. The summed E-state index contributed by atoms with van der Waals surface area (Å²) >= 11 is 0.969. The monoisotopic (exact) mass is 300 g/mol. The van der Waals surface area contributed by atoms with Gasteiger partial charge in [-0.2, -0.15) is 17.5 Å². The van der Waals surface area contributed by atoms with E-state index in [4.69, 9.17) is 0 Å². The van der Waals surface area contributed by atoms with Crippen molar-refractivity contribution in [3.8, 4) is 0 Å². The Morgan fingerprint density at radius 3 is 2.55 bits per heavy atom. The van der Waals surface area contributed by atoms with E-state index < -0.39 is 11.7 Å². The number of para-hydroxylation sites is 1. The summed E-state index contributed by atoms with van der Waals surface area (Å²) < 4.78 is 42.7. The van der Waals surface area contributed by atoms with Crippen LogP contribution in [-0.4, -0.2) is 10.2 Å². The molecule has 0 bridgehead atoms. The minimum atomic E-state index is -4.46. The molecule has 0 fully saturated rings. The highest BCUT2D eigenvalue weighted by Crippen LogP contribution is 2.37. The average Bonchev–Trinajstić information content (AvgIpc) is 2.70. The van der Waals surface area contributed by atoms with E-state index in [2.05, 4.69) is 9.69 Å². The van der Waals surface area contributed by atoms with Crippen LogP contribution in [0.2, 0.25) is 0 Å². The standard InChI is InChI=1S/C13H11F3N2OS/c1-7-11(8(2)19)12(20-18-7)17-10-6-4-3-5-9(10)13(14,15)16/h3-6,17H,1-2H3. The van der Waals surface area contributed by atoms with Gasteiger partial charge < -0.3 is 5.32 Å². The van der Waals surface area contributed by atoms with Crippen molar-refractivity contribution < 1.29 is 18.0 Å². The summed E-state index contributed by atoms with van der Waals surface area (Å²) in [6.07, 6.45) is -4.46. The summed E-state index contributed by atoms with van der Waals surface area (Å²) in [6.45, 7) is 3.01. The maximum Gasteiger partial charge on any atom is 0.418 e. The highest BCUT2D eigenvalue weighted by molar-refractivity contribution is 7.10. The molecule has 0 amide bonds. The predicted molar refractivity (Wildman–Crippen MR) is 71.6 cm³/mol. The molecule has 0 saturated carbocycles. The van der Waals surface area contributed by atoms with Crippen LogP contribution in [0.15, 0.2) is 24.3 Å². The van der Waals surface area contributed by atoms with Gasteiger partial charge >= 0.3 is 6.18 Å². The van der Waals surface area contributed by atoms with Crippen LogP contribution in [0.5, 0.6) is 0 Å². The molecule has 0 atom stereocenters. The molecule has 106 valence electrons. The number of rotatable bonds is 3. The number of carbonyl (C=O) groups is 1. The number of hydrogen-bond acceptors (Lipinski definition) is 4. The van der Waals surface area contributed by atoms with E-state index in [9.17, 15) is 18.0 Å². The van der Waals surface area contributed by atoms with E-state index >= 15 is 0 Å². The molecule has 0 spiro atoms. The Kier molecular flexibility index (Phi) is 3.80. The van der Waals surface area contributed by atoms with Gasteiger partial charge in [0.15, 0.2) is 5.78 Å². The van der Waals surface area contributed by atoms with Gasteiger partial charge in [0, 0.05) is 0 Å². The number of Topliss-reactive ketones (excluding diaryl/α,β-unsaturated/α-hetero) is 1. The van der Waals surface area contributed by atoms with Gasteiger partial charge in [-0.05, 0) is 37.5 Å². The van der Waals surface area contributed by atoms with Crippen molar-refractivity contribution in [2.75, 3.05) is 5.32 Å². The van der Waals surface area contributed by atoms with Crippen molar-refractivity contribution in [1.29, 1.82) is 0 Å². The minimum absolute atomic E-state index is 0.0915. The van der Waals surface area contributed by atoms with E-state index in [1.165, 1.54) is 25.1 Å². The number of nitrogens with one attached hydrogen (secondary N) is 1. The maximum atomic E-state index is 12.9. The van der Waals surface area contributed by atoms with Gasteiger partial charge in [-0.15, -0.1) is 0 Å². The van der Waals surface area contributed by atoms with Gasteiger partial charge in [0.1, 0.15) is 5.00 Å². The fourth-order valence-corrected chi connectivity index (χ4v) is 2.69. The lowest BCUT2D eigenvalue weighted by molar-refractivity contribution is -0.136. The molecule has 2 aromatic rings. The molecule has 1 aromatic heterocycles. The average molecular weight is 300 g/mol. The third kappa shape index (κ3) is 2.82. The van der Waals surface area contributed by atoms with Crippen LogP contribution in [0.1, 0.15) is 28.5 Å². The van der Waals surface area contributed by atoms with E-state index in [1.54, 1.807) is 6.92 Å². The largest absolute Gasteiger partial charge is 0.418 e. The molecule has 0 aliphatic carbocycles. The van der Waals surface area contributed by atoms with Crippen LogP contribution in [0.3, 0.4) is 0 Å². The molecule has 3 nitrogen and oxygen atoms in total. The van der Waals surface area contributed by atoms with Gasteiger partial charge in [-0.1, -0.05) is 12.1 Å². The molecule has 0 radical (unpaired) electrons. The van der Waals surface area contributed by atoms with Crippen molar-refractivity contribution in [2.24, 2.45) is 0 Å². The third-order valence-corrected chi connectivity index (χ3v) is 3.55. The Balaban J connectivity index is 2.44. The second kappa shape index (κ2) is 5.24. The lowest BCUT2D eigenvalue weighted by Gasteiger charge is -2.13. The molecule has 2 rings (SSSR count). The molecular weight excluding hydrogens is 289 g/mol. The zero-order valence-electron chi connectivity index (χ0n) is 10.7. The highest BCUT2D eigenvalue weighted by atomic mass is 32.1. The summed E-state index contributed by atoms with van der Waals surface area (Å²) in [5.41, 5.74) is -0.0341. The molecule has 1 heterocycles. The first-order valence-corrected chi connectivity index (χ1v) is 6.48. The minimum Gasteiger partial charge on any atom is -0.345 e. The molecule has 20 heavy (non-hydrogen) atoms. The SMILES string of the molecule is CC(=O)c1c(C)nsc1Nc1ccccc1C(F)(F)F. The van der Waals surface area contributed by atoms with Crippen LogP contribution in [0, 0.1) is 6.92 Å². The van der Waals surface area contributed by atoms with Gasteiger partial charge in [-0.25, -0.2) is 0 Å². The number of halogens is 3. The molecule has 0 saturated heterocycles. The first-order valence-electron chi connectivity index (χ1n) is 5.71. The second-order valence-electron chi connectivity index (χ2n) is 4.20. The van der Waals surface area contributed by atoms with Gasteiger partial charge in [0.2, 0.25) is 0 Å². The number of aryl methyl sites for hydroxylation is 1. The van der Waals surface area contributed by atoms with Crippen LogP contribution < -0.4 is 5.32 Å². The zero-order chi connectivity index (χ0) is 14.9. The van der Waals surface area contributed by atoms with Gasteiger partial charge in [0.05, 0.1) is 22.5 Å². The number of alkyl halides is 3. The van der Waals surface area contributed by atoms with Crippen molar-refractivity contribution >= 4 is 28.0 Å². The van der Waals surface area contributed by atoms with Crippen molar-refractivity contribution in [2.45, 2.75) is 20.0 Å². The molecule has 0 unspecified atom stereocenters. The Morgan fingerprint density at radius 1 is 1.30 bits per heavy atom. The number of nitrogens with zero attached hydrogens (tertiary/aromatic N) is 1. The van der Waals surface area contributed by atoms with E-state index in [1.807, 2.05) is 0 Å². The summed E-state index contributed by atoms with van der Waals surface area (Å²) in [7, 11) is 0. The molecule has 1 aromatic carbocycles. The Morgan fingerprint density at radius 2 is 1.95 bits per heavy atom. The lowest BCUT2D eigenvalue weighted by atomic mass is 10.1. The predicted octanol–water partition coefficient (Wildman–Crippen LogP) is 4.42. The summed E-state index contributed by atoms with van der Waals surface area (Å²) in [5, 5.41) is 2.99. The van der Waals surface area contributed by atoms with E-state index in [0.29, 0.717) is 16.3 Å². The fraction of sp³-hybridized carbons (Fsp3) is 0.231. The molecule has 0 aliphatic heterocycles. The molecule has 7 heteroatoms. The van der Waals surface area contributed by atoms with Crippen LogP contribution >= 0.6 is 11.5 Å². The second-order valence-corrected chi connectivity index (χ2v) is 4.97. The normalized spacial score (nSPS) is 11.4. The van der Waals surface area contributed by atoms with Gasteiger partial charge in [-0.3, -0.25) is 4.79 Å². The lowest BCUT2D eigenvalue weighted by Crippen LogP contribution is -2.09. The number of benzene rings is 1. The Bertz CT molecular complexity index is 649. The van der Waals surface area contributed by atoms with Gasteiger partial charge in [0.25, 0.3) is 0 Å². The number of anilines is 2. The molecule has 0 aliphatic rings. The van der Waals surface area contributed by atoms with Crippen LogP contribution in [0.4, 0.5) is 23.9 Å². The van der Waals surface area contributed by atoms with Crippen molar-refractivity contribution in [1.82, 2.24) is 4.37 Å². The highest BCUT2D eigenvalue weighted by Gasteiger charge is 2.33. The molecule has 1 N–H and O–H groups in total. The van der Waals surface area contributed by atoms with Crippen molar-refractivity contribution in [3.05, 3.63) is 41.1 Å². The van der Waals surface area contributed by atoms with Crippen LogP contribution in [0.25, 0.3) is 0 Å². The topological polar surface area (TPSA) is 42.0 Å². The Hall–Kier alpha value is -1.89. The summed E-state index contributed by atoms with van der Waals surface area (Å²) in [6, 6.07) is 5.13. The third-order valence-electron chi connectivity index (χ3n) is 2.70. The maximum absolute atomic E-state index is 12.9. The number of aromatic nitrogens is 1. The fourth-order valence-electron chi connectivity index (χ4n) is 1.83. The number of ketones is 1. The van der Waals surface area contributed by atoms with Crippen molar-refractivity contribution in [3.63, 3.8) is 0 Å². The van der Waals surface area contributed by atoms with E-state index in [0.717, 1.165) is 17.6 Å². The smallest absolute Gasteiger partial charge is 0.345 e. The van der Waals surface area contributed by atoms with E-state index in [-0.39, 0.29) is 11.5 Å². The molecular formula is C13H11F3N2OS. The first kappa shape index (κ1) is 14.5. The first-order chi connectivity index (χ1) is 9.30. The zero-order valence-corrected chi connectivity index (χ0v) is 11.5. The Labute approximate surface area is 117 Å². The summed E-state index contributed by atoms with van der Waals surface area (Å²) in [4.78, 5) is 11.5. The number of hydrogen-bond donors (Lipinski definition) is 1. The quantitative estimate of drug-likeness (QED) is 0.853.